The summed E-state index contributed by atoms with van der Waals surface area (Å²) < 4.78 is 7.49. The summed E-state index contributed by atoms with van der Waals surface area (Å²) in [4.78, 5) is 19.6. The van der Waals surface area contributed by atoms with E-state index in [9.17, 15) is 4.79 Å². The predicted molar refractivity (Wildman–Crippen MR) is 114 cm³/mol. The van der Waals surface area contributed by atoms with Gasteiger partial charge in [-0.2, -0.15) is 0 Å². The van der Waals surface area contributed by atoms with Crippen LogP contribution < -0.4 is 15.0 Å². The molecule has 1 N–H and O–H groups in total. The Morgan fingerprint density at radius 2 is 1.90 bits per heavy atom. The lowest BCUT2D eigenvalue weighted by Crippen LogP contribution is -2.48. The molecule has 1 aliphatic heterocycles. The Kier molecular flexibility index (Phi) is 5.26. The number of hydrogen-bond donors (Lipinski definition) is 1. The van der Waals surface area contributed by atoms with Crippen LogP contribution in [-0.2, 0) is 13.5 Å². The molecule has 3 aromatic rings. The highest BCUT2D eigenvalue weighted by Gasteiger charge is 2.28. The first-order chi connectivity index (χ1) is 14.0. The lowest BCUT2D eigenvalue weighted by atomic mass is 10.1. The predicted octanol–water partition coefficient (Wildman–Crippen LogP) is 2.36. The van der Waals surface area contributed by atoms with Gasteiger partial charge in [-0.3, -0.25) is 9.48 Å². The van der Waals surface area contributed by atoms with E-state index in [1.165, 1.54) is 0 Å². The third-order valence-electron chi connectivity index (χ3n) is 4.83. The van der Waals surface area contributed by atoms with Crippen molar-refractivity contribution in [1.29, 1.82) is 0 Å². The van der Waals surface area contributed by atoms with Crippen LogP contribution in [0, 0.1) is 0 Å². The van der Waals surface area contributed by atoms with Crippen molar-refractivity contribution in [3.05, 3.63) is 71.8 Å². The Morgan fingerprint density at radius 3 is 2.69 bits per heavy atom. The number of carbonyl (C=O) groups is 1. The number of aryl methyl sites for hydroxylation is 1. The number of amides is 1. The highest BCUT2D eigenvalue weighted by atomic mass is 32.1. The van der Waals surface area contributed by atoms with Gasteiger partial charge in [0.2, 0.25) is 5.82 Å². The molecular formula is C21H21N5O2S. The molecule has 1 amide bonds. The molecule has 1 atom stereocenters. The van der Waals surface area contributed by atoms with Crippen LogP contribution >= 0.6 is 12.2 Å². The second-order valence-corrected chi connectivity index (χ2v) is 7.26. The van der Waals surface area contributed by atoms with E-state index in [1.54, 1.807) is 11.7 Å². The molecule has 1 aliphatic rings. The summed E-state index contributed by atoms with van der Waals surface area (Å²) in [5.74, 6) is 1.18. The van der Waals surface area contributed by atoms with E-state index in [4.69, 9.17) is 17.0 Å². The molecule has 1 aromatic heterocycles. The third kappa shape index (κ3) is 3.97. The van der Waals surface area contributed by atoms with Crippen LogP contribution in [-0.4, -0.2) is 45.4 Å². The highest BCUT2D eigenvalue weighted by molar-refractivity contribution is 7.80. The van der Waals surface area contributed by atoms with Crippen LogP contribution in [0.3, 0.4) is 0 Å². The normalized spacial score (nSPS) is 16.0. The van der Waals surface area contributed by atoms with E-state index in [0.717, 1.165) is 17.0 Å². The number of anilines is 1. The standard InChI is InChI=1S/C21H21N5O2S/c1-25-16-10-6-7-11-17(16)28-13-15(21(25)29)22-20(27)19-23-18(26(2)24-19)12-14-8-4-3-5-9-14/h3-11,15H,12-13H2,1-2H3,(H,22,27)/t15-/m0/s1. The molecule has 0 radical (unpaired) electrons. The Balaban J connectivity index is 1.48. The number of benzene rings is 2. The second-order valence-electron chi connectivity index (χ2n) is 6.84. The van der Waals surface area contributed by atoms with E-state index in [1.807, 2.05) is 66.5 Å². The zero-order valence-corrected chi connectivity index (χ0v) is 17.0. The number of nitrogens with one attached hydrogen (secondary N) is 1. The number of rotatable bonds is 4. The number of hydrogen-bond acceptors (Lipinski definition) is 5. The number of ether oxygens (including phenoxy) is 1. The van der Waals surface area contributed by atoms with Gasteiger partial charge in [-0.25, -0.2) is 4.98 Å². The van der Waals surface area contributed by atoms with Crippen LogP contribution in [0.15, 0.2) is 54.6 Å². The monoisotopic (exact) mass is 407 g/mol. The first kappa shape index (κ1) is 19.1. The second kappa shape index (κ2) is 8.00. The fraction of sp³-hybridized carbons (Fsp3) is 0.238. The van der Waals surface area contributed by atoms with Gasteiger partial charge in [-0.1, -0.05) is 54.7 Å². The number of nitrogens with zero attached hydrogens (tertiary/aromatic N) is 4. The number of fused-ring (bicyclic) bond motifs is 1. The van der Waals surface area contributed by atoms with Gasteiger partial charge in [0.15, 0.2) is 0 Å². The zero-order valence-electron chi connectivity index (χ0n) is 16.2. The molecule has 148 valence electrons. The summed E-state index contributed by atoms with van der Waals surface area (Å²) >= 11 is 5.58. The SMILES string of the molecule is CN1C(=S)[C@@H](NC(=O)c2nc(Cc3ccccc3)n(C)n2)COc2ccccc21. The first-order valence-electron chi connectivity index (χ1n) is 9.27. The van der Waals surface area contributed by atoms with Gasteiger partial charge < -0.3 is 15.0 Å². The van der Waals surface area contributed by atoms with Crippen LogP contribution in [0.5, 0.6) is 5.75 Å². The topological polar surface area (TPSA) is 72.3 Å². The average molecular weight is 407 g/mol. The smallest absolute Gasteiger partial charge is 0.291 e. The quantitative estimate of drug-likeness (QED) is 0.670. The van der Waals surface area contributed by atoms with Gasteiger partial charge in [0.05, 0.1) is 5.69 Å². The summed E-state index contributed by atoms with van der Waals surface area (Å²) in [6.45, 7) is 0.246. The molecule has 0 bridgehead atoms. The summed E-state index contributed by atoms with van der Waals surface area (Å²) in [6.07, 6.45) is 0.598. The molecule has 0 fully saturated rings. The third-order valence-corrected chi connectivity index (χ3v) is 5.39. The van der Waals surface area contributed by atoms with Crippen LogP contribution in [0.1, 0.15) is 22.0 Å². The molecule has 4 rings (SSSR count). The number of aromatic nitrogens is 3. The maximum absolute atomic E-state index is 12.8. The summed E-state index contributed by atoms with van der Waals surface area (Å²) in [7, 11) is 3.65. The number of para-hydroxylation sites is 2. The molecule has 2 heterocycles. The maximum atomic E-state index is 12.8. The van der Waals surface area contributed by atoms with Gasteiger partial charge in [-0.05, 0) is 17.7 Å². The van der Waals surface area contributed by atoms with Crippen molar-refractivity contribution in [2.45, 2.75) is 12.5 Å². The van der Waals surface area contributed by atoms with Crippen LogP contribution in [0.2, 0.25) is 0 Å². The lowest BCUT2D eigenvalue weighted by Gasteiger charge is -2.23. The van der Waals surface area contributed by atoms with Crippen LogP contribution in [0.25, 0.3) is 0 Å². The van der Waals surface area contributed by atoms with Gasteiger partial charge in [0.1, 0.15) is 29.2 Å². The average Bonchev–Trinajstić information content (AvgIpc) is 3.06. The summed E-state index contributed by atoms with van der Waals surface area (Å²) in [5.41, 5.74) is 1.98. The lowest BCUT2D eigenvalue weighted by molar-refractivity contribution is 0.0927. The fourth-order valence-corrected chi connectivity index (χ4v) is 3.45. The van der Waals surface area contributed by atoms with Gasteiger partial charge in [0.25, 0.3) is 5.91 Å². The van der Waals surface area contributed by atoms with E-state index in [2.05, 4.69) is 15.4 Å². The van der Waals surface area contributed by atoms with Gasteiger partial charge in [0, 0.05) is 20.5 Å². The minimum absolute atomic E-state index is 0.116. The largest absolute Gasteiger partial charge is 0.489 e. The minimum atomic E-state index is -0.462. The number of thiocarbonyl (C=S) groups is 1. The van der Waals surface area contributed by atoms with Crippen molar-refractivity contribution in [2.24, 2.45) is 7.05 Å². The van der Waals surface area contributed by atoms with Crippen molar-refractivity contribution in [3.63, 3.8) is 0 Å². The Bertz CT molecular complexity index is 1050. The molecule has 0 saturated heterocycles. The number of carbonyl (C=O) groups excluding carboxylic acids is 1. The van der Waals surface area contributed by atoms with Crippen LogP contribution in [0.4, 0.5) is 5.69 Å². The zero-order chi connectivity index (χ0) is 20.4. The minimum Gasteiger partial charge on any atom is -0.489 e. The van der Waals surface area contributed by atoms with Crippen molar-refractivity contribution in [1.82, 2.24) is 20.1 Å². The number of likely N-dealkylation sites (N-methyl/N-ethyl adjacent to an activating group) is 1. The molecular weight excluding hydrogens is 386 g/mol. The van der Waals surface area contributed by atoms with E-state index >= 15 is 0 Å². The van der Waals surface area contributed by atoms with E-state index in [-0.39, 0.29) is 18.3 Å². The van der Waals surface area contributed by atoms with E-state index < -0.39 is 6.04 Å². The van der Waals surface area contributed by atoms with Gasteiger partial charge in [-0.15, -0.1) is 5.10 Å². The Labute approximate surface area is 174 Å². The van der Waals surface area contributed by atoms with Crippen molar-refractivity contribution in [3.8, 4) is 5.75 Å². The molecule has 29 heavy (non-hydrogen) atoms. The molecule has 0 unspecified atom stereocenters. The van der Waals surface area contributed by atoms with Crippen molar-refractivity contribution >= 4 is 28.8 Å². The fourth-order valence-electron chi connectivity index (χ4n) is 3.22. The summed E-state index contributed by atoms with van der Waals surface area (Å²) in [5, 5.41) is 7.18. The molecule has 2 aromatic carbocycles. The molecule has 7 nitrogen and oxygen atoms in total. The summed E-state index contributed by atoms with van der Waals surface area (Å²) in [6, 6.07) is 17.1. The molecule has 8 heteroatoms. The highest BCUT2D eigenvalue weighted by Crippen LogP contribution is 2.30. The van der Waals surface area contributed by atoms with Crippen molar-refractivity contribution < 1.29 is 9.53 Å². The van der Waals surface area contributed by atoms with Crippen molar-refractivity contribution in [2.75, 3.05) is 18.6 Å². The molecule has 0 spiro atoms. The van der Waals surface area contributed by atoms with Gasteiger partial charge >= 0.3 is 0 Å². The maximum Gasteiger partial charge on any atom is 0.291 e. The molecule has 0 saturated carbocycles. The Hall–Kier alpha value is -3.26. The van der Waals surface area contributed by atoms with E-state index in [0.29, 0.717) is 17.2 Å². The first-order valence-corrected chi connectivity index (χ1v) is 9.68. The Morgan fingerprint density at radius 1 is 1.17 bits per heavy atom. The molecule has 0 aliphatic carbocycles.